The number of aryl methyl sites for hydroxylation is 1. The van der Waals surface area contributed by atoms with E-state index in [-0.39, 0.29) is 0 Å². The van der Waals surface area contributed by atoms with E-state index >= 15 is 0 Å². The Morgan fingerprint density at radius 3 is 2.03 bits per heavy atom. The molecule has 146 valence electrons. The van der Waals surface area contributed by atoms with Crippen LogP contribution in [-0.2, 0) is 0 Å². The lowest BCUT2D eigenvalue weighted by Gasteiger charge is -2.12. The average molecular weight is 387 g/mol. The summed E-state index contributed by atoms with van der Waals surface area (Å²) < 4.78 is 16.6. The second kappa shape index (κ2) is 8.06. The SMILES string of the molecule is COc1cc2ncnc(Nc3ccc(Oc4ccc(C)cc4)cc3)c2cc1OC. The zero-order chi connectivity index (χ0) is 20.2. The van der Waals surface area contributed by atoms with Crippen LogP contribution in [0.1, 0.15) is 5.56 Å². The number of rotatable bonds is 6. The normalized spacial score (nSPS) is 10.6. The molecule has 1 aromatic heterocycles. The molecule has 0 saturated carbocycles. The third-order valence-corrected chi connectivity index (χ3v) is 4.51. The van der Waals surface area contributed by atoms with Crippen LogP contribution in [0.3, 0.4) is 0 Å². The Morgan fingerprint density at radius 2 is 1.38 bits per heavy atom. The van der Waals surface area contributed by atoms with Gasteiger partial charge in [0.05, 0.1) is 19.7 Å². The highest BCUT2D eigenvalue weighted by atomic mass is 16.5. The van der Waals surface area contributed by atoms with Gasteiger partial charge in [0.1, 0.15) is 23.6 Å². The topological polar surface area (TPSA) is 65.5 Å². The number of hydrogen-bond donors (Lipinski definition) is 1. The lowest BCUT2D eigenvalue weighted by molar-refractivity contribution is 0.356. The lowest BCUT2D eigenvalue weighted by atomic mass is 10.2. The number of fused-ring (bicyclic) bond motifs is 1. The van der Waals surface area contributed by atoms with Crippen LogP contribution in [0.15, 0.2) is 67.0 Å². The maximum atomic E-state index is 5.88. The summed E-state index contributed by atoms with van der Waals surface area (Å²) in [4.78, 5) is 8.71. The fourth-order valence-corrected chi connectivity index (χ4v) is 2.97. The summed E-state index contributed by atoms with van der Waals surface area (Å²) in [6.07, 6.45) is 1.52. The number of methoxy groups -OCH3 is 2. The Balaban J connectivity index is 1.57. The van der Waals surface area contributed by atoms with Crippen LogP contribution >= 0.6 is 0 Å². The summed E-state index contributed by atoms with van der Waals surface area (Å²) in [5, 5.41) is 4.17. The summed E-state index contributed by atoms with van der Waals surface area (Å²) in [5.41, 5.74) is 2.85. The minimum absolute atomic E-state index is 0.625. The molecule has 0 fully saturated rings. The molecule has 0 radical (unpaired) electrons. The summed E-state index contributed by atoms with van der Waals surface area (Å²) in [5.74, 6) is 3.50. The van der Waals surface area contributed by atoms with Crippen molar-refractivity contribution in [3.8, 4) is 23.0 Å². The first kappa shape index (κ1) is 18.6. The van der Waals surface area contributed by atoms with E-state index in [0.29, 0.717) is 17.3 Å². The van der Waals surface area contributed by atoms with Crippen molar-refractivity contribution in [2.45, 2.75) is 6.92 Å². The van der Waals surface area contributed by atoms with Gasteiger partial charge in [-0.2, -0.15) is 0 Å². The number of nitrogens with zero attached hydrogens (tertiary/aromatic N) is 2. The van der Waals surface area contributed by atoms with Crippen LogP contribution in [0.4, 0.5) is 11.5 Å². The van der Waals surface area contributed by atoms with Gasteiger partial charge in [-0.3, -0.25) is 0 Å². The Morgan fingerprint density at radius 1 is 0.759 bits per heavy atom. The second-order valence-corrected chi connectivity index (χ2v) is 6.51. The van der Waals surface area contributed by atoms with Gasteiger partial charge in [-0.15, -0.1) is 0 Å². The van der Waals surface area contributed by atoms with Gasteiger partial charge in [0.25, 0.3) is 0 Å². The molecular weight excluding hydrogens is 366 g/mol. The van der Waals surface area contributed by atoms with E-state index in [9.17, 15) is 0 Å². The molecule has 3 aromatic carbocycles. The Kier molecular flexibility index (Phi) is 5.16. The average Bonchev–Trinajstić information content (AvgIpc) is 2.76. The van der Waals surface area contributed by atoms with E-state index in [0.717, 1.165) is 28.1 Å². The predicted octanol–water partition coefficient (Wildman–Crippen LogP) is 5.49. The molecular formula is C23H21N3O3. The molecule has 6 nitrogen and oxygen atoms in total. The zero-order valence-electron chi connectivity index (χ0n) is 16.5. The van der Waals surface area contributed by atoms with Gasteiger partial charge in [-0.05, 0) is 49.4 Å². The van der Waals surface area contributed by atoms with Crippen LogP contribution in [-0.4, -0.2) is 24.2 Å². The van der Waals surface area contributed by atoms with Crippen molar-refractivity contribution >= 4 is 22.4 Å². The number of benzene rings is 3. The molecule has 6 heteroatoms. The largest absolute Gasteiger partial charge is 0.493 e. The van der Waals surface area contributed by atoms with Gasteiger partial charge in [0.15, 0.2) is 11.5 Å². The number of hydrogen-bond acceptors (Lipinski definition) is 6. The van der Waals surface area contributed by atoms with Gasteiger partial charge in [-0.25, -0.2) is 9.97 Å². The molecule has 4 aromatic rings. The highest BCUT2D eigenvalue weighted by Crippen LogP contribution is 2.34. The van der Waals surface area contributed by atoms with Gasteiger partial charge < -0.3 is 19.5 Å². The molecule has 0 aliphatic heterocycles. The van der Waals surface area contributed by atoms with Crippen LogP contribution in [0.5, 0.6) is 23.0 Å². The highest BCUT2D eigenvalue weighted by molar-refractivity contribution is 5.93. The molecule has 1 N–H and O–H groups in total. The fourth-order valence-electron chi connectivity index (χ4n) is 2.97. The molecule has 0 bridgehead atoms. The van der Waals surface area contributed by atoms with Crippen molar-refractivity contribution < 1.29 is 14.2 Å². The molecule has 0 aliphatic rings. The minimum Gasteiger partial charge on any atom is -0.493 e. The summed E-state index contributed by atoms with van der Waals surface area (Å²) in [7, 11) is 3.21. The zero-order valence-corrected chi connectivity index (χ0v) is 16.5. The molecule has 0 amide bonds. The van der Waals surface area contributed by atoms with Crippen LogP contribution in [0, 0.1) is 6.92 Å². The first-order valence-corrected chi connectivity index (χ1v) is 9.14. The monoisotopic (exact) mass is 387 g/mol. The van der Waals surface area contributed by atoms with Crippen molar-refractivity contribution in [2.75, 3.05) is 19.5 Å². The maximum absolute atomic E-state index is 5.88. The molecule has 1 heterocycles. The first-order valence-electron chi connectivity index (χ1n) is 9.14. The van der Waals surface area contributed by atoms with Crippen LogP contribution < -0.4 is 19.5 Å². The summed E-state index contributed by atoms with van der Waals surface area (Å²) in [6.45, 7) is 2.05. The van der Waals surface area contributed by atoms with Crippen molar-refractivity contribution in [1.82, 2.24) is 9.97 Å². The van der Waals surface area contributed by atoms with Crippen molar-refractivity contribution in [3.05, 3.63) is 72.6 Å². The predicted molar refractivity (Wildman–Crippen MR) is 114 cm³/mol. The van der Waals surface area contributed by atoms with Crippen molar-refractivity contribution in [3.63, 3.8) is 0 Å². The molecule has 4 rings (SSSR count). The molecule has 0 spiro atoms. The van der Waals surface area contributed by atoms with Gasteiger partial charge >= 0.3 is 0 Å². The smallest absolute Gasteiger partial charge is 0.162 e. The molecule has 0 unspecified atom stereocenters. The van der Waals surface area contributed by atoms with Gasteiger partial charge in [0, 0.05) is 17.1 Å². The fraction of sp³-hybridized carbons (Fsp3) is 0.130. The van der Waals surface area contributed by atoms with E-state index < -0.39 is 0 Å². The second-order valence-electron chi connectivity index (χ2n) is 6.51. The van der Waals surface area contributed by atoms with E-state index in [1.165, 1.54) is 11.9 Å². The Hall–Kier alpha value is -3.80. The third-order valence-electron chi connectivity index (χ3n) is 4.51. The minimum atomic E-state index is 0.625. The first-order chi connectivity index (χ1) is 14.2. The number of anilines is 2. The standard InChI is InChI=1S/C23H21N3O3/c1-15-4-8-17(9-5-15)29-18-10-6-16(7-11-18)26-23-19-12-21(27-2)22(28-3)13-20(19)24-14-25-23/h4-14H,1-3H3,(H,24,25,26). The van der Waals surface area contributed by atoms with Crippen molar-refractivity contribution in [1.29, 1.82) is 0 Å². The third kappa shape index (κ3) is 4.06. The highest BCUT2D eigenvalue weighted by Gasteiger charge is 2.11. The van der Waals surface area contributed by atoms with E-state index in [1.807, 2.05) is 67.6 Å². The lowest BCUT2D eigenvalue weighted by Crippen LogP contribution is -1.98. The molecule has 29 heavy (non-hydrogen) atoms. The van der Waals surface area contributed by atoms with Crippen LogP contribution in [0.2, 0.25) is 0 Å². The summed E-state index contributed by atoms with van der Waals surface area (Å²) >= 11 is 0. The van der Waals surface area contributed by atoms with Crippen LogP contribution in [0.25, 0.3) is 10.9 Å². The quantitative estimate of drug-likeness (QED) is 0.472. The van der Waals surface area contributed by atoms with E-state index in [1.54, 1.807) is 14.2 Å². The number of nitrogens with one attached hydrogen (secondary N) is 1. The molecule has 0 saturated heterocycles. The maximum Gasteiger partial charge on any atom is 0.162 e. The van der Waals surface area contributed by atoms with Gasteiger partial charge in [-0.1, -0.05) is 17.7 Å². The van der Waals surface area contributed by atoms with Crippen molar-refractivity contribution in [2.24, 2.45) is 0 Å². The Labute approximate surface area is 169 Å². The van der Waals surface area contributed by atoms with Gasteiger partial charge in [0.2, 0.25) is 0 Å². The number of aromatic nitrogens is 2. The summed E-state index contributed by atoms with van der Waals surface area (Å²) in [6, 6.07) is 19.4. The van der Waals surface area contributed by atoms with E-state index in [2.05, 4.69) is 15.3 Å². The molecule has 0 aliphatic carbocycles. The molecule has 0 atom stereocenters. The van der Waals surface area contributed by atoms with E-state index in [4.69, 9.17) is 14.2 Å². The number of ether oxygens (including phenoxy) is 3. The Bertz CT molecular complexity index is 1130.